The summed E-state index contributed by atoms with van der Waals surface area (Å²) < 4.78 is 4.21. The standard InChI is InChI=1S/C18H45PSi4/c1-18(2,3)19(16(20(4,5)6)21(7,8)9)17(22(10,11)12)23(13,14)15/h1-15H3. The summed E-state index contributed by atoms with van der Waals surface area (Å²) in [7, 11) is -5.24. The van der Waals surface area contributed by atoms with Gasteiger partial charge >= 0.3 is 0 Å². The van der Waals surface area contributed by atoms with Crippen molar-refractivity contribution in [2.75, 3.05) is 0 Å². The zero-order chi connectivity index (χ0) is 19.2. The molecule has 0 heterocycles. The SMILES string of the molecule is CC(C)(C)P(=C([Si](C)(C)C)[Si](C)(C)C)=C([Si](C)(C)C)[Si](C)(C)C. The van der Waals surface area contributed by atoms with Crippen molar-refractivity contribution in [2.24, 2.45) is 0 Å². The minimum Gasteiger partial charge on any atom is -0.137 e. The molecule has 0 saturated heterocycles. The van der Waals surface area contributed by atoms with Gasteiger partial charge < -0.3 is 0 Å². The first kappa shape index (κ1) is 23.9. The Morgan fingerprint density at radius 1 is 0.478 bits per heavy atom. The van der Waals surface area contributed by atoms with Crippen molar-refractivity contribution in [1.29, 1.82) is 0 Å². The summed E-state index contributed by atoms with van der Waals surface area (Å²) in [5.74, 6) is 0. The first-order valence-electron chi connectivity index (χ1n) is 9.17. The predicted octanol–water partition coefficient (Wildman–Crippen LogP) is 7.12. The summed E-state index contributed by atoms with van der Waals surface area (Å²) >= 11 is 0. The molecule has 0 aromatic carbocycles. The van der Waals surface area contributed by atoms with Gasteiger partial charge in [-0.1, -0.05) is 108 Å². The number of hydrogen-bond acceptors (Lipinski definition) is 0. The molecule has 0 saturated carbocycles. The van der Waals surface area contributed by atoms with Gasteiger partial charge in [0.05, 0.1) is 32.3 Å². The Labute approximate surface area is 152 Å². The number of rotatable bonds is 4. The Kier molecular flexibility index (Phi) is 7.18. The average Bonchev–Trinajstić information content (AvgIpc) is 2.04. The summed E-state index contributed by atoms with van der Waals surface area (Å²) in [5.41, 5.74) is 0. The smallest absolute Gasteiger partial charge is 0.0726 e. The monoisotopic (exact) mass is 404 g/mol. The minimum atomic E-state index is -1.28. The Morgan fingerprint density at radius 2 is 0.652 bits per heavy atom. The molecule has 0 unspecified atom stereocenters. The topological polar surface area (TPSA) is 0 Å². The van der Waals surface area contributed by atoms with Crippen LogP contribution in [0.15, 0.2) is 0 Å². The van der Waals surface area contributed by atoms with Gasteiger partial charge in [0, 0.05) is 0 Å². The van der Waals surface area contributed by atoms with Crippen molar-refractivity contribution >= 4 is 48.5 Å². The van der Waals surface area contributed by atoms with Gasteiger partial charge in [-0.3, -0.25) is 0 Å². The van der Waals surface area contributed by atoms with Crippen LogP contribution in [0.3, 0.4) is 0 Å². The van der Waals surface area contributed by atoms with E-state index in [1.807, 2.05) is 0 Å². The van der Waals surface area contributed by atoms with E-state index in [0.717, 1.165) is 0 Å². The lowest BCUT2D eigenvalue weighted by Crippen LogP contribution is -2.54. The lowest BCUT2D eigenvalue weighted by Gasteiger charge is -2.42. The zero-order valence-electron chi connectivity index (χ0n) is 18.9. The summed E-state index contributed by atoms with van der Waals surface area (Å²) in [6, 6.07) is 0. The van der Waals surface area contributed by atoms with Crippen LogP contribution < -0.4 is 0 Å². The van der Waals surface area contributed by atoms with E-state index in [-0.39, 0.29) is 7.17 Å². The van der Waals surface area contributed by atoms with Crippen LogP contribution >= 0.6 is 7.17 Å². The van der Waals surface area contributed by atoms with Crippen molar-refractivity contribution in [1.82, 2.24) is 0 Å². The third kappa shape index (κ3) is 6.61. The maximum absolute atomic E-state index is 2.62. The molecule has 0 N–H and O–H groups in total. The lowest BCUT2D eigenvalue weighted by atomic mass is 10.3. The van der Waals surface area contributed by atoms with Crippen LogP contribution in [0.2, 0.25) is 78.6 Å². The molecule has 23 heavy (non-hydrogen) atoms. The van der Waals surface area contributed by atoms with Gasteiger partial charge in [-0.15, -0.1) is 7.17 Å². The highest BCUT2D eigenvalue weighted by molar-refractivity contribution is 7.83. The van der Waals surface area contributed by atoms with E-state index >= 15 is 0 Å². The summed E-state index contributed by atoms with van der Waals surface area (Å²) in [5, 5.41) is 0.418. The highest BCUT2D eigenvalue weighted by atomic mass is 31.1. The highest BCUT2D eigenvalue weighted by Gasteiger charge is 2.40. The van der Waals surface area contributed by atoms with Crippen LogP contribution in [0.1, 0.15) is 20.8 Å². The molecule has 0 aromatic rings. The van der Waals surface area contributed by atoms with Crippen LogP contribution in [0.5, 0.6) is 0 Å². The minimum absolute atomic E-state index is 0.101. The average molecular weight is 405 g/mol. The van der Waals surface area contributed by atoms with Gasteiger partial charge in [0.2, 0.25) is 0 Å². The van der Waals surface area contributed by atoms with Gasteiger partial charge in [0.1, 0.15) is 0 Å². The van der Waals surface area contributed by atoms with Gasteiger partial charge in [-0.2, -0.15) is 0 Å². The molecule has 0 spiro atoms. The highest BCUT2D eigenvalue weighted by Crippen LogP contribution is 2.42. The maximum Gasteiger partial charge on any atom is 0.0726 e. The van der Waals surface area contributed by atoms with Gasteiger partial charge in [0.25, 0.3) is 0 Å². The molecule has 0 fully saturated rings. The second kappa shape index (κ2) is 6.90. The molecule has 5 heteroatoms. The van der Waals surface area contributed by atoms with Gasteiger partial charge in [-0.05, 0) is 5.16 Å². The molecule has 0 aliphatic carbocycles. The Balaban J connectivity index is 7.72. The van der Waals surface area contributed by atoms with Crippen molar-refractivity contribution in [3.63, 3.8) is 0 Å². The first-order valence-corrected chi connectivity index (χ1v) is 24.5. The van der Waals surface area contributed by atoms with Gasteiger partial charge in [0.15, 0.2) is 0 Å². The zero-order valence-corrected chi connectivity index (χ0v) is 23.8. The third-order valence-electron chi connectivity index (χ3n) is 3.96. The molecule has 0 amide bonds. The van der Waals surface area contributed by atoms with Gasteiger partial charge in [-0.25, -0.2) is 0 Å². The fraction of sp³-hybridized carbons (Fsp3) is 0.889. The summed E-state index contributed by atoms with van der Waals surface area (Å²) in [6.07, 6.45) is 0. The first-order chi connectivity index (χ1) is 9.61. The Morgan fingerprint density at radius 3 is 0.739 bits per heavy atom. The van der Waals surface area contributed by atoms with E-state index in [9.17, 15) is 0 Å². The van der Waals surface area contributed by atoms with E-state index in [1.165, 1.54) is 0 Å². The molecular formula is C18H45PSi4. The van der Waals surface area contributed by atoms with Crippen LogP contribution in [0, 0.1) is 0 Å². The molecule has 0 aliphatic rings. The van der Waals surface area contributed by atoms with E-state index in [2.05, 4.69) is 108 Å². The van der Waals surface area contributed by atoms with Crippen LogP contribution in [0.4, 0.5) is 0 Å². The van der Waals surface area contributed by atoms with Crippen molar-refractivity contribution < 1.29 is 0 Å². The molecule has 0 aromatic heterocycles. The van der Waals surface area contributed by atoms with E-state index in [0.29, 0.717) is 5.16 Å². The largest absolute Gasteiger partial charge is 0.137 e. The van der Waals surface area contributed by atoms with E-state index in [1.54, 1.807) is 0 Å². The summed E-state index contributed by atoms with van der Waals surface area (Å²) in [6.45, 7) is 39.0. The van der Waals surface area contributed by atoms with E-state index in [4.69, 9.17) is 0 Å². The third-order valence-corrected chi connectivity index (χ3v) is 31.6. The van der Waals surface area contributed by atoms with Crippen LogP contribution in [-0.4, -0.2) is 46.5 Å². The molecule has 0 rings (SSSR count). The predicted molar refractivity (Wildman–Crippen MR) is 130 cm³/mol. The van der Waals surface area contributed by atoms with Crippen LogP contribution in [-0.2, 0) is 0 Å². The molecular weight excluding hydrogens is 360 g/mol. The molecule has 0 atom stereocenters. The quantitative estimate of drug-likeness (QED) is 0.345. The molecule has 0 radical (unpaired) electrons. The maximum atomic E-state index is 2.62. The fourth-order valence-electron chi connectivity index (χ4n) is 4.37. The van der Waals surface area contributed by atoms with Crippen molar-refractivity contribution in [3.8, 4) is 0 Å². The second-order valence-corrected chi connectivity index (χ2v) is 37.8. The van der Waals surface area contributed by atoms with Crippen LogP contribution in [0.25, 0.3) is 0 Å². The normalized spacial score (nSPS) is 14.7. The molecule has 138 valence electrons. The van der Waals surface area contributed by atoms with E-state index < -0.39 is 32.3 Å². The number of hydrogen-bond donors (Lipinski definition) is 0. The second-order valence-electron chi connectivity index (χ2n) is 12.2. The summed E-state index contributed by atoms with van der Waals surface area (Å²) in [4.78, 5) is 0. The Bertz CT molecular complexity index is 446. The molecule has 0 nitrogen and oxygen atoms in total. The molecule has 0 aliphatic heterocycles. The van der Waals surface area contributed by atoms with Crippen molar-refractivity contribution in [3.05, 3.63) is 0 Å². The fourth-order valence-corrected chi connectivity index (χ4v) is 41.4. The lowest BCUT2D eigenvalue weighted by molar-refractivity contribution is 0.800. The van der Waals surface area contributed by atoms with Crippen molar-refractivity contribution in [2.45, 2.75) is 104 Å². The molecule has 0 bridgehead atoms. The Hall–Kier alpha value is 0.908.